The van der Waals surface area contributed by atoms with Crippen LogP contribution in [0.1, 0.15) is 31.7 Å². The Kier molecular flexibility index (Phi) is 8.52. The van der Waals surface area contributed by atoms with E-state index in [0.29, 0.717) is 34.2 Å². The summed E-state index contributed by atoms with van der Waals surface area (Å²) >= 11 is 1.21. The minimum absolute atomic E-state index is 0.0722. The van der Waals surface area contributed by atoms with Gasteiger partial charge in [0, 0.05) is 42.7 Å². The van der Waals surface area contributed by atoms with Gasteiger partial charge in [0.15, 0.2) is 0 Å². The molecule has 3 N–H and O–H groups in total. The van der Waals surface area contributed by atoms with E-state index in [9.17, 15) is 18.3 Å². The van der Waals surface area contributed by atoms with Gasteiger partial charge < -0.3 is 14.7 Å². The van der Waals surface area contributed by atoms with E-state index in [2.05, 4.69) is 6.92 Å². The molecule has 182 valence electrons. The first kappa shape index (κ1) is 25.6. The van der Waals surface area contributed by atoms with Crippen molar-refractivity contribution in [2.75, 3.05) is 31.4 Å². The molecule has 1 aliphatic heterocycles. The van der Waals surface area contributed by atoms with Crippen molar-refractivity contribution in [3.05, 3.63) is 47.8 Å². The van der Waals surface area contributed by atoms with Crippen molar-refractivity contribution in [3.63, 3.8) is 0 Å². The lowest BCUT2D eigenvalue weighted by Gasteiger charge is -2.43. The number of hydrogen-bond donors (Lipinski definition) is 3. The first-order valence-corrected chi connectivity index (χ1v) is 13.4. The Bertz CT molecular complexity index is 974. The summed E-state index contributed by atoms with van der Waals surface area (Å²) in [5, 5.41) is 8.98. The second-order valence-electron chi connectivity index (χ2n) is 7.97. The van der Waals surface area contributed by atoms with Crippen LogP contribution in [0.15, 0.2) is 41.3 Å². The highest BCUT2D eigenvalue weighted by Crippen LogP contribution is 2.59. The zero-order valence-corrected chi connectivity index (χ0v) is 20.7. The van der Waals surface area contributed by atoms with Gasteiger partial charge in [0.25, 0.3) is 0 Å². The third-order valence-electron chi connectivity index (χ3n) is 5.77. The maximum absolute atomic E-state index is 13.6. The number of ether oxygens (including phenoxy) is 1. The minimum atomic E-state index is -3.34. The van der Waals surface area contributed by atoms with Gasteiger partial charge in [-0.2, -0.15) is 0 Å². The topological polar surface area (TPSA) is 93.5 Å². The summed E-state index contributed by atoms with van der Waals surface area (Å²) < 4.78 is 43.7. The van der Waals surface area contributed by atoms with Crippen LogP contribution in [-0.4, -0.2) is 57.0 Å². The molecule has 0 radical (unpaired) electrons. The molecule has 2 aromatic carbocycles. The van der Waals surface area contributed by atoms with Crippen molar-refractivity contribution in [1.29, 1.82) is 0 Å². The van der Waals surface area contributed by atoms with E-state index in [1.807, 2.05) is 4.90 Å². The van der Waals surface area contributed by atoms with Crippen molar-refractivity contribution >= 4 is 39.9 Å². The van der Waals surface area contributed by atoms with Crippen LogP contribution < -0.4 is 9.64 Å². The number of unbranched alkanes of at least 4 members (excludes halogenated alkanes) is 1. The monoisotopic (exact) mass is 498 g/mol. The van der Waals surface area contributed by atoms with Gasteiger partial charge in [-0.3, -0.25) is 13.9 Å². The van der Waals surface area contributed by atoms with E-state index in [0.717, 1.165) is 24.9 Å². The van der Waals surface area contributed by atoms with Crippen LogP contribution in [0.5, 0.6) is 5.75 Å². The normalized spacial score (nSPS) is 19.0. The number of hydrogen-bond acceptors (Lipinski definition) is 7. The lowest BCUT2D eigenvalue weighted by atomic mass is 10.1. The molecule has 2 aromatic rings. The summed E-state index contributed by atoms with van der Waals surface area (Å²) in [5.41, 5.74) is 2.00. The molecule has 3 rings (SSSR count). The van der Waals surface area contributed by atoms with Crippen LogP contribution in [0.4, 0.5) is 15.8 Å². The molecule has 0 amide bonds. The fraction of sp³-hybridized carbons (Fsp3) is 0.435. The molecule has 1 atom stereocenters. The van der Waals surface area contributed by atoms with Gasteiger partial charge in [-0.05, 0) is 36.8 Å². The van der Waals surface area contributed by atoms with Crippen LogP contribution in [0.3, 0.4) is 0 Å². The number of carboxylic acid groups (broad SMARTS) is 1. The van der Waals surface area contributed by atoms with Crippen LogP contribution in [0.25, 0.3) is 0 Å². The number of halogens is 1. The smallest absolute Gasteiger partial charge is 0.313 e. The number of aliphatic carboxylic acids is 1. The van der Waals surface area contributed by atoms with Crippen molar-refractivity contribution in [1.82, 2.24) is 4.31 Å². The van der Waals surface area contributed by atoms with E-state index in [1.54, 1.807) is 35.6 Å². The van der Waals surface area contributed by atoms with Crippen molar-refractivity contribution < 1.29 is 28.1 Å². The minimum Gasteiger partial charge on any atom is -0.496 e. The number of rotatable bonds is 9. The Morgan fingerprint density at radius 3 is 2.58 bits per heavy atom. The molecular formula is C23H31FN2O5S2. The molecular weight excluding hydrogens is 467 g/mol. The van der Waals surface area contributed by atoms with E-state index in [-0.39, 0.29) is 17.6 Å². The average molecular weight is 499 g/mol. The second kappa shape index (κ2) is 11.0. The molecule has 1 unspecified atom stereocenters. The number of likely N-dealkylation sites (N-methyl/N-ethyl adjacent to an activating group) is 1. The number of fused-ring (bicyclic) bond motifs is 1. The van der Waals surface area contributed by atoms with Crippen LogP contribution in [-0.2, 0) is 10.5 Å². The molecule has 0 aliphatic carbocycles. The largest absolute Gasteiger partial charge is 0.496 e. The highest BCUT2D eigenvalue weighted by Gasteiger charge is 2.37. The van der Waals surface area contributed by atoms with Gasteiger partial charge in [-0.15, -0.1) is 22.5 Å². The van der Waals surface area contributed by atoms with E-state index in [1.165, 1.54) is 31.0 Å². The quantitative estimate of drug-likeness (QED) is 0.398. The molecule has 0 aromatic heterocycles. The molecule has 0 bridgehead atoms. The van der Waals surface area contributed by atoms with Crippen LogP contribution in [0, 0.1) is 5.82 Å². The summed E-state index contributed by atoms with van der Waals surface area (Å²) in [5.74, 6) is -0.460. The molecule has 33 heavy (non-hydrogen) atoms. The maximum Gasteiger partial charge on any atom is 0.313 e. The third-order valence-corrected chi connectivity index (χ3v) is 8.75. The standard InChI is InChI=1S/C23H31FN2O5S2/c1-4-5-6-19-13-26(18-9-7-17(24)8-10-18)20-12-21(31-3)16(14-32-15-23(27)28)11-22(20)33(29,30)25(19)2/h7-12,19,29-30H,4-6,13-15H2,1-3H3,(H,27,28). The number of benzene rings is 2. The number of methoxy groups -OCH3 is 1. The first-order chi connectivity index (χ1) is 15.7. The van der Waals surface area contributed by atoms with Crippen molar-refractivity contribution in [3.8, 4) is 5.75 Å². The van der Waals surface area contributed by atoms with Gasteiger partial charge in [0.2, 0.25) is 0 Å². The van der Waals surface area contributed by atoms with Gasteiger partial charge >= 0.3 is 5.97 Å². The molecule has 0 saturated carbocycles. The van der Waals surface area contributed by atoms with Gasteiger partial charge in [-0.1, -0.05) is 19.8 Å². The zero-order chi connectivity index (χ0) is 24.2. The van der Waals surface area contributed by atoms with Gasteiger partial charge in [-0.25, -0.2) is 8.70 Å². The molecule has 0 saturated heterocycles. The predicted octanol–water partition coefficient (Wildman–Crippen LogP) is 5.82. The number of anilines is 2. The first-order valence-electron chi connectivity index (χ1n) is 10.7. The highest BCUT2D eigenvalue weighted by atomic mass is 32.3. The predicted molar refractivity (Wildman–Crippen MR) is 132 cm³/mol. The fourth-order valence-corrected chi connectivity index (χ4v) is 6.31. The Morgan fingerprint density at radius 1 is 1.27 bits per heavy atom. The average Bonchev–Trinajstić information content (AvgIpc) is 2.86. The number of nitrogens with zero attached hydrogens (tertiary/aromatic N) is 2. The van der Waals surface area contributed by atoms with Crippen LogP contribution >= 0.6 is 22.5 Å². The summed E-state index contributed by atoms with van der Waals surface area (Å²) in [4.78, 5) is 13.3. The van der Waals surface area contributed by atoms with Gasteiger partial charge in [0.1, 0.15) is 11.6 Å². The molecule has 0 spiro atoms. The van der Waals surface area contributed by atoms with Crippen molar-refractivity contribution in [2.24, 2.45) is 0 Å². The fourth-order valence-electron chi connectivity index (χ4n) is 3.94. The molecule has 1 heterocycles. The lowest BCUT2D eigenvalue weighted by Crippen LogP contribution is -2.39. The summed E-state index contributed by atoms with van der Waals surface area (Å²) in [6, 6.07) is 9.44. The highest BCUT2D eigenvalue weighted by molar-refractivity contribution is 8.22. The molecule has 1 aliphatic rings. The van der Waals surface area contributed by atoms with E-state index >= 15 is 0 Å². The van der Waals surface area contributed by atoms with Gasteiger partial charge in [0.05, 0.1) is 23.4 Å². The molecule has 10 heteroatoms. The summed E-state index contributed by atoms with van der Waals surface area (Å²) in [7, 11) is -0.0914. The Hall–Kier alpha value is -1.98. The van der Waals surface area contributed by atoms with Crippen molar-refractivity contribution in [2.45, 2.75) is 42.9 Å². The Balaban J connectivity index is 2.14. The Morgan fingerprint density at radius 2 is 1.97 bits per heavy atom. The summed E-state index contributed by atoms with van der Waals surface area (Å²) in [6.45, 7) is 2.58. The third kappa shape index (κ3) is 5.75. The van der Waals surface area contributed by atoms with E-state index in [4.69, 9.17) is 9.84 Å². The van der Waals surface area contributed by atoms with E-state index < -0.39 is 16.7 Å². The summed E-state index contributed by atoms with van der Waals surface area (Å²) in [6.07, 6.45) is 2.68. The Labute approximate surface area is 200 Å². The maximum atomic E-state index is 13.6. The zero-order valence-electron chi connectivity index (χ0n) is 19.0. The number of thioether (sulfide) groups is 1. The second-order valence-corrected chi connectivity index (χ2v) is 11.0. The SMILES string of the molecule is CCCCC1CN(c2ccc(F)cc2)c2cc(OC)c(CSCC(=O)O)cc2S(O)(O)N1C. The van der Waals surface area contributed by atoms with Crippen LogP contribution in [0.2, 0.25) is 0 Å². The molecule has 7 nitrogen and oxygen atoms in total. The molecule has 0 fully saturated rings. The number of carbonyl (C=O) groups is 1. The lowest BCUT2D eigenvalue weighted by molar-refractivity contribution is -0.133. The number of carboxylic acids is 1.